The summed E-state index contributed by atoms with van der Waals surface area (Å²) < 4.78 is 13.6. The first-order valence-corrected chi connectivity index (χ1v) is 9.13. The van der Waals surface area contributed by atoms with Crippen LogP contribution in [0.4, 0.5) is 15.8 Å². The van der Waals surface area contributed by atoms with Gasteiger partial charge in [-0.15, -0.1) is 0 Å². The Kier molecular flexibility index (Phi) is 4.63. The van der Waals surface area contributed by atoms with Crippen molar-refractivity contribution in [2.45, 2.75) is 25.4 Å². The van der Waals surface area contributed by atoms with Gasteiger partial charge in [0.25, 0.3) is 5.91 Å². The minimum absolute atomic E-state index is 0.0168. The van der Waals surface area contributed by atoms with Gasteiger partial charge in [-0.25, -0.2) is 4.39 Å². The van der Waals surface area contributed by atoms with Crippen LogP contribution in [0.3, 0.4) is 0 Å². The summed E-state index contributed by atoms with van der Waals surface area (Å²) in [5.74, 6) is -0.574. The SMILES string of the molecule is C[C@H]1C[C@H](Nc2ccccc2)c2ccccc2N1C(=O)c1cccc(F)c1. The molecule has 3 aromatic rings. The molecule has 1 amide bonds. The summed E-state index contributed by atoms with van der Waals surface area (Å²) in [7, 11) is 0. The predicted molar refractivity (Wildman–Crippen MR) is 107 cm³/mol. The van der Waals surface area contributed by atoms with Crippen LogP contribution in [-0.2, 0) is 0 Å². The molecule has 2 atom stereocenters. The van der Waals surface area contributed by atoms with Gasteiger partial charge >= 0.3 is 0 Å². The molecule has 1 heterocycles. The zero-order chi connectivity index (χ0) is 18.8. The lowest BCUT2D eigenvalue weighted by atomic mass is 9.90. The van der Waals surface area contributed by atoms with Gasteiger partial charge in [-0.2, -0.15) is 0 Å². The Labute approximate surface area is 158 Å². The molecule has 4 rings (SSSR count). The van der Waals surface area contributed by atoms with Gasteiger partial charge in [-0.05, 0) is 55.3 Å². The fourth-order valence-electron chi connectivity index (χ4n) is 3.75. The second kappa shape index (κ2) is 7.23. The van der Waals surface area contributed by atoms with E-state index in [0.717, 1.165) is 23.4 Å². The number of para-hydroxylation sites is 2. The average Bonchev–Trinajstić information content (AvgIpc) is 2.68. The summed E-state index contributed by atoms with van der Waals surface area (Å²) in [6.45, 7) is 2.03. The highest BCUT2D eigenvalue weighted by Crippen LogP contribution is 2.39. The van der Waals surface area contributed by atoms with E-state index in [0.29, 0.717) is 5.56 Å². The number of amides is 1. The van der Waals surface area contributed by atoms with Crippen LogP contribution in [0.5, 0.6) is 0 Å². The normalized spacial score (nSPS) is 18.7. The van der Waals surface area contributed by atoms with Crippen LogP contribution in [0.2, 0.25) is 0 Å². The third kappa shape index (κ3) is 3.43. The second-order valence-electron chi connectivity index (χ2n) is 6.89. The maximum atomic E-state index is 13.6. The van der Waals surface area contributed by atoms with E-state index in [4.69, 9.17) is 0 Å². The van der Waals surface area contributed by atoms with Gasteiger partial charge in [0.1, 0.15) is 5.82 Å². The lowest BCUT2D eigenvalue weighted by Crippen LogP contribution is -2.44. The first-order chi connectivity index (χ1) is 13.1. The molecule has 0 radical (unpaired) electrons. The lowest BCUT2D eigenvalue weighted by Gasteiger charge is -2.40. The number of rotatable bonds is 3. The standard InChI is InChI=1S/C23H21FN2O/c1-16-14-21(25-19-10-3-2-4-11-19)20-12-5-6-13-22(20)26(16)23(27)17-8-7-9-18(24)15-17/h2-13,15-16,21,25H,14H2,1H3/t16-,21-/m0/s1. The molecular weight excluding hydrogens is 339 g/mol. The van der Waals surface area contributed by atoms with E-state index in [9.17, 15) is 9.18 Å². The second-order valence-corrected chi connectivity index (χ2v) is 6.89. The molecule has 1 N–H and O–H groups in total. The van der Waals surface area contributed by atoms with Gasteiger partial charge in [0.05, 0.1) is 6.04 Å². The van der Waals surface area contributed by atoms with E-state index in [1.807, 2.05) is 61.5 Å². The van der Waals surface area contributed by atoms with Gasteiger partial charge in [0.15, 0.2) is 0 Å². The summed E-state index contributed by atoms with van der Waals surface area (Å²) in [6.07, 6.45) is 0.771. The Morgan fingerprint density at radius 3 is 2.52 bits per heavy atom. The largest absolute Gasteiger partial charge is 0.378 e. The quantitative estimate of drug-likeness (QED) is 0.676. The highest BCUT2D eigenvalue weighted by molar-refractivity contribution is 6.07. The van der Waals surface area contributed by atoms with E-state index >= 15 is 0 Å². The number of carbonyl (C=O) groups is 1. The van der Waals surface area contributed by atoms with Crippen molar-refractivity contribution in [2.24, 2.45) is 0 Å². The molecule has 3 aromatic carbocycles. The van der Waals surface area contributed by atoms with Gasteiger partial charge in [-0.3, -0.25) is 4.79 Å². The van der Waals surface area contributed by atoms with Crippen molar-refractivity contribution in [1.29, 1.82) is 0 Å². The molecule has 0 saturated carbocycles. The molecule has 0 aromatic heterocycles. The summed E-state index contributed by atoms with van der Waals surface area (Å²) in [5, 5.41) is 3.58. The van der Waals surface area contributed by atoms with E-state index < -0.39 is 5.82 Å². The molecule has 4 heteroatoms. The molecule has 27 heavy (non-hydrogen) atoms. The van der Waals surface area contributed by atoms with Crippen molar-refractivity contribution in [3.63, 3.8) is 0 Å². The third-order valence-corrected chi connectivity index (χ3v) is 4.99. The minimum atomic E-state index is -0.401. The van der Waals surface area contributed by atoms with Crippen LogP contribution in [0.1, 0.15) is 35.3 Å². The monoisotopic (exact) mass is 360 g/mol. The first kappa shape index (κ1) is 17.3. The van der Waals surface area contributed by atoms with Crippen LogP contribution in [0.15, 0.2) is 78.9 Å². The number of nitrogens with one attached hydrogen (secondary N) is 1. The molecule has 1 aliphatic heterocycles. The molecule has 0 unspecified atom stereocenters. The van der Waals surface area contributed by atoms with Crippen molar-refractivity contribution in [1.82, 2.24) is 0 Å². The fourth-order valence-corrected chi connectivity index (χ4v) is 3.75. The van der Waals surface area contributed by atoms with Crippen LogP contribution in [0, 0.1) is 5.82 Å². The average molecular weight is 360 g/mol. The molecule has 1 aliphatic rings. The van der Waals surface area contributed by atoms with E-state index in [-0.39, 0.29) is 18.0 Å². The van der Waals surface area contributed by atoms with Gasteiger partial charge in [-0.1, -0.05) is 42.5 Å². The molecule has 136 valence electrons. The van der Waals surface area contributed by atoms with Gasteiger partial charge in [0.2, 0.25) is 0 Å². The van der Waals surface area contributed by atoms with E-state index in [2.05, 4.69) is 5.32 Å². The van der Waals surface area contributed by atoms with Gasteiger partial charge in [0, 0.05) is 23.0 Å². The van der Waals surface area contributed by atoms with E-state index in [1.165, 1.54) is 12.1 Å². The number of hydrogen-bond acceptors (Lipinski definition) is 2. The number of anilines is 2. The Hall–Kier alpha value is -3.14. The molecule has 0 saturated heterocycles. The zero-order valence-electron chi connectivity index (χ0n) is 15.1. The minimum Gasteiger partial charge on any atom is -0.378 e. The number of hydrogen-bond donors (Lipinski definition) is 1. The predicted octanol–water partition coefficient (Wildman–Crippen LogP) is 5.42. The molecule has 3 nitrogen and oxygen atoms in total. The Bertz CT molecular complexity index is 957. The first-order valence-electron chi connectivity index (χ1n) is 9.13. The Morgan fingerprint density at radius 2 is 1.74 bits per heavy atom. The summed E-state index contributed by atoms with van der Waals surface area (Å²) in [6, 6.07) is 24.0. The van der Waals surface area contributed by atoms with Crippen LogP contribution < -0.4 is 10.2 Å². The molecule has 0 fully saturated rings. The van der Waals surface area contributed by atoms with Crippen molar-refractivity contribution < 1.29 is 9.18 Å². The smallest absolute Gasteiger partial charge is 0.258 e. The number of benzene rings is 3. The molecule has 0 spiro atoms. The van der Waals surface area contributed by atoms with Crippen LogP contribution in [-0.4, -0.2) is 11.9 Å². The van der Waals surface area contributed by atoms with Crippen LogP contribution >= 0.6 is 0 Å². The summed E-state index contributed by atoms with van der Waals surface area (Å²) in [5.41, 5.74) is 3.36. The van der Waals surface area contributed by atoms with E-state index in [1.54, 1.807) is 17.0 Å². The summed E-state index contributed by atoms with van der Waals surface area (Å²) >= 11 is 0. The molecule has 0 bridgehead atoms. The highest BCUT2D eigenvalue weighted by Gasteiger charge is 2.34. The number of fused-ring (bicyclic) bond motifs is 1. The highest BCUT2D eigenvalue weighted by atomic mass is 19.1. The molecular formula is C23H21FN2O. The third-order valence-electron chi connectivity index (χ3n) is 4.99. The number of halogens is 1. The van der Waals surface area contributed by atoms with Crippen molar-refractivity contribution >= 4 is 17.3 Å². The number of nitrogens with zero attached hydrogens (tertiary/aromatic N) is 1. The maximum Gasteiger partial charge on any atom is 0.258 e. The molecule has 0 aliphatic carbocycles. The van der Waals surface area contributed by atoms with Gasteiger partial charge < -0.3 is 10.2 Å². The lowest BCUT2D eigenvalue weighted by molar-refractivity contribution is 0.0973. The van der Waals surface area contributed by atoms with Crippen molar-refractivity contribution in [3.8, 4) is 0 Å². The van der Waals surface area contributed by atoms with Crippen molar-refractivity contribution in [3.05, 3.63) is 95.8 Å². The topological polar surface area (TPSA) is 32.3 Å². The Balaban J connectivity index is 1.70. The van der Waals surface area contributed by atoms with Crippen molar-refractivity contribution in [2.75, 3.05) is 10.2 Å². The Morgan fingerprint density at radius 1 is 1.00 bits per heavy atom. The van der Waals surface area contributed by atoms with Crippen LogP contribution in [0.25, 0.3) is 0 Å². The fraction of sp³-hybridized carbons (Fsp3) is 0.174. The zero-order valence-corrected chi connectivity index (χ0v) is 15.1. The maximum absolute atomic E-state index is 13.6. The number of carbonyl (C=O) groups excluding carboxylic acids is 1. The summed E-state index contributed by atoms with van der Waals surface area (Å²) in [4.78, 5) is 14.9.